The highest BCUT2D eigenvalue weighted by Crippen LogP contribution is 2.26. The summed E-state index contributed by atoms with van der Waals surface area (Å²) in [4.78, 5) is 13.8. The van der Waals surface area contributed by atoms with Crippen LogP contribution in [-0.2, 0) is 6.54 Å². The highest BCUT2D eigenvalue weighted by atomic mass is 16.4. The Bertz CT molecular complexity index is 450. The molecule has 1 N–H and O–H groups in total. The lowest BCUT2D eigenvalue weighted by Gasteiger charge is -2.31. The van der Waals surface area contributed by atoms with Crippen LogP contribution in [0.15, 0.2) is 24.3 Å². The summed E-state index contributed by atoms with van der Waals surface area (Å²) in [6, 6.07) is 8.02. The van der Waals surface area contributed by atoms with E-state index in [1.807, 2.05) is 12.1 Å². The van der Waals surface area contributed by atoms with Crippen molar-refractivity contribution in [3.05, 3.63) is 35.4 Å². The molecule has 0 atom stereocenters. The summed E-state index contributed by atoms with van der Waals surface area (Å²) in [6.07, 6.45) is 5.11. The quantitative estimate of drug-likeness (QED) is 0.858. The number of carbonyl (C=O) groups is 1. The molecule has 0 bridgehead atoms. The van der Waals surface area contributed by atoms with Gasteiger partial charge < -0.3 is 5.11 Å². The highest BCUT2D eigenvalue weighted by molar-refractivity contribution is 5.89. The average molecular weight is 275 g/mol. The van der Waals surface area contributed by atoms with Gasteiger partial charge in [-0.2, -0.15) is 0 Å². The third kappa shape index (κ3) is 3.83. The van der Waals surface area contributed by atoms with E-state index < -0.39 is 5.97 Å². The van der Waals surface area contributed by atoms with Crippen LogP contribution in [0, 0.1) is 5.92 Å². The van der Waals surface area contributed by atoms with Crippen LogP contribution in [0.2, 0.25) is 0 Å². The molecule has 3 nitrogen and oxygen atoms in total. The van der Waals surface area contributed by atoms with Crippen LogP contribution in [0.4, 0.5) is 0 Å². The molecule has 0 saturated heterocycles. The van der Waals surface area contributed by atoms with Crippen molar-refractivity contribution in [1.82, 2.24) is 4.90 Å². The van der Waals surface area contributed by atoms with Crippen molar-refractivity contribution < 1.29 is 9.90 Å². The second kappa shape index (κ2) is 6.89. The molecule has 1 saturated carbocycles. The second-order valence-corrected chi connectivity index (χ2v) is 6.22. The zero-order valence-corrected chi connectivity index (χ0v) is 12.5. The van der Waals surface area contributed by atoms with Gasteiger partial charge in [0.25, 0.3) is 0 Å². The molecule has 0 radical (unpaired) electrons. The molecular formula is C17H25NO2. The summed E-state index contributed by atoms with van der Waals surface area (Å²) < 4.78 is 0. The van der Waals surface area contributed by atoms with E-state index in [0.717, 1.165) is 18.7 Å². The first-order chi connectivity index (χ1) is 9.58. The minimum absolute atomic E-state index is 0.444. The number of carboxylic acid groups (broad SMARTS) is 1. The smallest absolute Gasteiger partial charge is 0.336 e. The Morgan fingerprint density at radius 2 is 1.95 bits per heavy atom. The molecule has 3 heteroatoms. The minimum atomic E-state index is -0.823. The van der Waals surface area contributed by atoms with Gasteiger partial charge in [0.2, 0.25) is 0 Å². The van der Waals surface area contributed by atoms with Gasteiger partial charge in [0.15, 0.2) is 0 Å². The number of hydrogen-bond donors (Lipinski definition) is 1. The predicted octanol–water partition coefficient (Wildman–Crippen LogP) is 3.79. The van der Waals surface area contributed by atoms with Crippen LogP contribution in [0.3, 0.4) is 0 Å². The molecule has 110 valence electrons. The molecule has 2 rings (SSSR count). The maximum absolute atomic E-state index is 11.3. The Labute approximate surface area is 121 Å². The maximum atomic E-state index is 11.3. The van der Waals surface area contributed by atoms with Crippen LogP contribution >= 0.6 is 0 Å². The lowest BCUT2D eigenvalue weighted by atomic mass is 10.0. The van der Waals surface area contributed by atoms with Gasteiger partial charge >= 0.3 is 5.97 Å². The topological polar surface area (TPSA) is 40.5 Å². The molecule has 0 heterocycles. The molecule has 0 aromatic heterocycles. The number of aromatic carboxylic acids is 1. The zero-order chi connectivity index (χ0) is 14.5. The summed E-state index contributed by atoms with van der Waals surface area (Å²) in [5.74, 6) is -0.218. The SMILES string of the molecule is CC(C)CN(Cc1ccccc1C(=O)O)C1CCCC1. The summed E-state index contributed by atoms with van der Waals surface area (Å²) >= 11 is 0. The van der Waals surface area contributed by atoms with Crippen LogP contribution in [-0.4, -0.2) is 28.6 Å². The normalized spacial score (nSPS) is 16.2. The lowest BCUT2D eigenvalue weighted by molar-refractivity contribution is 0.0693. The van der Waals surface area contributed by atoms with E-state index in [4.69, 9.17) is 0 Å². The Hall–Kier alpha value is -1.35. The summed E-state index contributed by atoms with van der Waals surface area (Å²) in [5.41, 5.74) is 1.38. The standard InChI is InChI=1S/C17H25NO2/c1-13(2)11-18(15-8-4-5-9-15)12-14-7-3-6-10-16(14)17(19)20/h3,6-7,10,13,15H,4-5,8-9,11-12H2,1-2H3,(H,19,20). The van der Waals surface area contributed by atoms with Crippen LogP contribution in [0.1, 0.15) is 55.5 Å². The number of carboxylic acids is 1. The number of nitrogens with zero attached hydrogens (tertiary/aromatic N) is 1. The van der Waals surface area contributed by atoms with Gasteiger partial charge in [0, 0.05) is 19.1 Å². The molecule has 1 aromatic carbocycles. The van der Waals surface area contributed by atoms with E-state index in [1.54, 1.807) is 12.1 Å². The third-order valence-corrected chi connectivity index (χ3v) is 4.06. The zero-order valence-electron chi connectivity index (χ0n) is 12.5. The van der Waals surface area contributed by atoms with Crippen LogP contribution < -0.4 is 0 Å². The van der Waals surface area contributed by atoms with Crippen LogP contribution in [0.25, 0.3) is 0 Å². The molecule has 1 fully saturated rings. The number of benzene rings is 1. The van der Waals surface area contributed by atoms with Gasteiger partial charge in [-0.15, -0.1) is 0 Å². The van der Waals surface area contributed by atoms with E-state index in [2.05, 4.69) is 18.7 Å². The highest BCUT2D eigenvalue weighted by Gasteiger charge is 2.24. The van der Waals surface area contributed by atoms with E-state index in [9.17, 15) is 9.90 Å². The summed E-state index contributed by atoms with van der Waals surface area (Å²) in [6.45, 7) is 6.25. The lowest BCUT2D eigenvalue weighted by Crippen LogP contribution is -2.36. The van der Waals surface area contributed by atoms with Gasteiger partial charge in [0.05, 0.1) is 5.56 Å². The first-order valence-corrected chi connectivity index (χ1v) is 7.63. The van der Waals surface area contributed by atoms with Gasteiger partial charge in [-0.3, -0.25) is 4.90 Å². The largest absolute Gasteiger partial charge is 0.478 e. The summed E-state index contributed by atoms with van der Waals surface area (Å²) in [5, 5.41) is 9.31. The monoisotopic (exact) mass is 275 g/mol. The first kappa shape index (κ1) is 15.0. The molecule has 20 heavy (non-hydrogen) atoms. The van der Waals surface area contributed by atoms with Gasteiger partial charge in [-0.1, -0.05) is 44.9 Å². The third-order valence-electron chi connectivity index (χ3n) is 4.06. The maximum Gasteiger partial charge on any atom is 0.336 e. The number of hydrogen-bond acceptors (Lipinski definition) is 2. The van der Waals surface area contributed by atoms with Gasteiger partial charge in [0.1, 0.15) is 0 Å². The Morgan fingerprint density at radius 1 is 1.30 bits per heavy atom. The molecule has 0 amide bonds. The average Bonchev–Trinajstić information content (AvgIpc) is 2.91. The fourth-order valence-corrected chi connectivity index (χ4v) is 3.17. The van der Waals surface area contributed by atoms with Gasteiger partial charge in [-0.05, 0) is 30.4 Å². The Balaban J connectivity index is 2.16. The van der Waals surface area contributed by atoms with E-state index >= 15 is 0 Å². The molecule has 0 spiro atoms. The predicted molar refractivity (Wildman–Crippen MR) is 80.9 cm³/mol. The second-order valence-electron chi connectivity index (χ2n) is 6.22. The molecule has 1 aliphatic rings. The van der Waals surface area contributed by atoms with Crippen LogP contribution in [0.5, 0.6) is 0 Å². The number of rotatable bonds is 6. The summed E-state index contributed by atoms with van der Waals surface area (Å²) in [7, 11) is 0. The fraction of sp³-hybridized carbons (Fsp3) is 0.588. The van der Waals surface area contributed by atoms with Crippen molar-refractivity contribution in [3.63, 3.8) is 0 Å². The Kier molecular flexibility index (Phi) is 5.18. The van der Waals surface area contributed by atoms with Crippen molar-refractivity contribution in [2.75, 3.05) is 6.54 Å². The first-order valence-electron chi connectivity index (χ1n) is 7.63. The molecular weight excluding hydrogens is 250 g/mol. The Morgan fingerprint density at radius 3 is 2.55 bits per heavy atom. The van der Waals surface area contributed by atoms with E-state index in [-0.39, 0.29) is 0 Å². The van der Waals surface area contributed by atoms with Crippen molar-refractivity contribution in [3.8, 4) is 0 Å². The van der Waals surface area contributed by atoms with E-state index in [1.165, 1.54) is 25.7 Å². The minimum Gasteiger partial charge on any atom is -0.478 e. The van der Waals surface area contributed by atoms with Crippen molar-refractivity contribution in [2.24, 2.45) is 5.92 Å². The molecule has 0 unspecified atom stereocenters. The van der Waals surface area contributed by atoms with Crippen molar-refractivity contribution in [2.45, 2.75) is 52.1 Å². The molecule has 1 aromatic rings. The van der Waals surface area contributed by atoms with E-state index in [0.29, 0.717) is 17.5 Å². The van der Waals surface area contributed by atoms with Crippen molar-refractivity contribution in [1.29, 1.82) is 0 Å². The van der Waals surface area contributed by atoms with Crippen molar-refractivity contribution >= 4 is 5.97 Å². The van der Waals surface area contributed by atoms with Gasteiger partial charge in [-0.25, -0.2) is 4.79 Å². The molecule has 1 aliphatic carbocycles. The fourth-order valence-electron chi connectivity index (χ4n) is 3.17. The molecule has 0 aliphatic heterocycles.